The molecule has 1 N–H and O–H groups in total. The Bertz CT molecular complexity index is 1030. The van der Waals surface area contributed by atoms with Crippen molar-refractivity contribution in [1.29, 1.82) is 0 Å². The smallest absolute Gasteiger partial charge is 0.248 e. The molecule has 138 valence electrons. The summed E-state index contributed by atoms with van der Waals surface area (Å²) < 4.78 is 16.0. The first-order valence-corrected chi connectivity index (χ1v) is 8.26. The number of carbonyl (C=O) groups is 2. The number of hydrogen-bond acceptors (Lipinski definition) is 5. The Labute approximate surface area is 156 Å². The van der Waals surface area contributed by atoms with Gasteiger partial charge in [0.25, 0.3) is 0 Å². The van der Waals surface area contributed by atoms with Gasteiger partial charge in [0.05, 0.1) is 14.2 Å². The standard InChI is InChI=1S/C21H19NO5/c1-13(23)19-12-17-14(7-9-18(26-3)21(17)27-19)8-10-20(24)22-15-5-4-6-16(11-15)25-2/h4-12H,1-3H3,(H,22,24)/b10-8+. The Hall–Kier alpha value is -3.54. The zero-order valence-electron chi connectivity index (χ0n) is 15.2. The second-order valence-corrected chi connectivity index (χ2v) is 5.82. The van der Waals surface area contributed by atoms with Gasteiger partial charge in [0.2, 0.25) is 5.91 Å². The summed E-state index contributed by atoms with van der Waals surface area (Å²) in [6.07, 6.45) is 3.08. The lowest BCUT2D eigenvalue weighted by atomic mass is 10.1. The molecule has 6 heteroatoms. The van der Waals surface area contributed by atoms with Crippen LogP contribution >= 0.6 is 0 Å². The van der Waals surface area contributed by atoms with Gasteiger partial charge in [-0.05, 0) is 35.9 Å². The SMILES string of the molecule is COc1cccc(NC(=O)/C=C/c2ccc(OC)c3oc(C(C)=O)cc23)c1. The van der Waals surface area contributed by atoms with Gasteiger partial charge in [-0.2, -0.15) is 0 Å². The third-order valence-electron chi connectivity index (χ3n) is 4.00. The van der Waals surface area contributed by atoms with Crippen LogP contribution in [0.15, 0.2) is 53.0 Å². The lowest BCUT2D eigenvalue weighted by Crippen LogP contribution is -2.07. The summed E-state index contributed by atoms with van der Waals surface area (Å²) in [5.41, 5.74) is 1.84. The number of benzene rings is 2. The number of methoxy groups -OCH3 is 2. The maximum atomic E-state index is 12.2. The van der Waals surface area contributed by atoms with E-state index in [2.05, 4.69) is 5.32 Å². The van der Waals surface area contributed by atoms with Crippen LogP contribution in [0.4, 0.5) is 5.69 Å². The van der Waals surface area contributed by atoms with Gasteiger partial charge in [0.15, 0.2) is 22.9 Å². The summed E-state index contributed by atoms with van der Waals surface area (Å²) in [7, 11) is 3.10. The molecule has 0 bridgehead atoms. The van der Waals surface area contributed by atoms with E-state index in [9.17, 15) is 9.59 Å². The van der Waals surface area contributed by atoms with E-state index in [1.807, 2.05) is 0 Å². The van der Waals surface area contributed by atoms with Crippen molar-refractivity contribution in [3.8, 4) is 11.5 Å². The molecule has 0 aliphatic heterocycles. The van der Waals surface area contributed by atoms with E-state index in [1.54, 1.807) is 55.7 Å². The molecule has 0 fully saturated rings. The number of ketones is 1. The number of nitrogens with one attached hydrogen (secondary N) is 1. The lowest BCUT2D eigenvalue weighted by Gasteiger charge is -2.05. The van der Waals surface area contributed by atoms with Gasteiger partial charge >= 0.3 is 0 Å². The van der Waals surface area contributed by atoms with Crippen LogP contribution in [0.25, 0.3) is 17.0 Å². The topological polar surface area (TPSA) is 77.8 Å². The van der Waals surface area contributed by atoms with Crippen molar-refractivity contribution in [2.45, 2.75) is 6.92 Å². The van der Waals surface area contributed by atoms with Crippen LogP contribution in [-0.4, -0.2) is 25.9 Å². The predicted octanol–water partition coefficient (Wildman–Crippen LogP) is 4.30. The number of amides is 1. The van der Waals surface area contributed by atoms with E-state index < -0.39 is 0 Å². The quantitative estimate of drug-likeness (QED) is 0.520. The maximum absolute atomic E-state index is 12.2. The van der Waals surface area contributed by atoms with E-state index in [0.717, 1.165) is 5.56 Å². The molecule has 1 aromatic heterocycles. The minimum Gasteiger partial charge on any atom is -0.497 e. The normalized spacial score (nSPS) is 10.9. The molecule has 0 atom stereocenters. The van der Waals surface area contributed by atoms with Gasteiger partial charge in [-0.3, -0.25) is 9.59 Å². The Balaban J connectivity index is 1.86. The second-order valence-electron chi connectivity index (χ2n) is 5.82. The molecule has 3 aromatic rings. The molecule has 0 saturated heterocycles. The highest BCUT2D eigenvalue weighted by molar-refractivity contribution is 6.05. The number of anilines is 1. The fraction of sp³-hybridized carbons (Fsp3) is 0.143. The van der Waals surface area contributed by atoms with Crippen LogP contribution in [0.3, 0.4) is 0 Å². The van der Waals surface area contributed by atoms with Crippen molar-refractivity contribution in [2.24, 2.45) is 0 Å². The largest absolute Gasteiger partial charge is 0.497 e. The second kappa shape index (κ2) is 7.78. The molecular formula is C21H19NO5. The molecular weight excluding hydrogens is 346 g/mol. The first-order chi connectivity index (χ1) is 13.0. The highest BCUT2D eigenvalue weighted by Crippen LogP contribution is 2.32. The minimum absolute atomic E-state index is 0.182. The minimum atomic E-state index is -0.289. The summed E-state index contributed by atoms with van der Waals surface area (Å²) in [6.45, 7) is 1.43. The molecule has 6 nitrogen and oxygen atoms in total. The molecule has 0 radical (unpaired) electrons. The van der Waals surface area contributed by atoms with E-state index in [1.165, 1.54) is 20.1 Å². The van der Waals surface area contributed by atoms with Crippen molar-refractivity contribution < 1.29 is 23.5 Å². The maximum Gasteiger partial charge on any atom is 0.248 e. The number of ether oxygens (including phenoxy) is 2. The van der Waals surface area contributed by atoms with Crippen LogP contribution in [-0.2, 0) is 4.79 Å². The first-order valence-electron chi connectivity index (χ1n) is 8.26. The Morgan fingerprint density at radius 3 is 2.59 bits per heavy atom. The molecule has 0 aliphatic rings. The number of furan rings is 1. The third-order valence-corrected chi connectivity index (χ3v) is 4.00. The average Bonchev–Trinajstić information content (AvgIpc) is 3.12. The van der Waals surface area contributed by atoms with Gasteiger partial charge in [-0.1, -0.05) is 12.1 Å². The first kappa shape index (κ1) is 18.3. The van der Waals surface area contributed by atoms with Gasteiger partial charge in [-0.25, -0.2) is 0 Å². The number of fused-ring (bicyclic) bond motifs is 1. The highest BCUT2D eigenvalue weighted by Gasteiger charge is 2.14. The summed E-state index contributed by atoms with van der Waals surface area (Å²) in [4.78, 5) is 23.8. The van der Waals surface area contributed by atoms with Crippen LogP contribution in [0.2, 0.25) is 0 Å². The third kappa shape index (κ3) is 4.00. The van der Waals surface area contributed by atoms with Crippen LogP contribution in [0, 0.1) is 0 Å². The van der Waals surface area contributed by atoms with Crippen molar-refractivity contribution in [3.63, 3.8) is 0 Å². The van der Waals surface area contributed by atoms with Crippen LogP contribution in [0.1, 0.15) is 23.0 Å². The Morgan fingerprint density at radius 2 is 1.89 bits per heavy atom. The van der Waals surface area contributed by atoms with Gasteiger partial charge < -0.3 is 19.2 Å². The lowest BCUT2D eigenvalue weighted by molar-refractivity contribution is -0.111. The zero-order valence-corrected chi connectivity index (χ0v) is 15.2. The molecule has 1 heterocycles. The summed E-state index contributed by atoms with van der Waals surface area (Å²) in [6, 6.07) is 12.3. The molecule has 0 aliphatic carbocycles. The van der Waals surface area contributed by atoms with Crippen molar-refractivity contribution >= 4 is 34.4 Å². The van der Waals surface area contributed by atoms with E-state index in [4.69, 9.17) is 13.9 Å². The van der Waals surface area contributed by atoms with Crippen LogP contribution in [0.5, 0.6) is 11.5 Å². The average molecular weight is 365 g/mol. The molecule has 0 unspecified atom stereocenters. The van der Waals surface area contributed by atoms with E-state index in [-0.39, 0.29) is 17.5 Å². The van der Waals surface area contributed by atoms with E-state index >= 15 is 0 Å². The van der Waals surface area contributed by atoms with Gasteiger partial charge in [0, 0.05) is 30.1 Å². The molecule has 3 rings (SSSR count). The number of Topliss-reactive ketones (excluding diaryl/α,β-unsaturated/α-hetero) is 1. The van der Waals surface area contributed by atoms with Gasteiger partial charge in [0.1, 0.15) is 5.75 Å². The number of hydrogen-bond donors (Lipinski definition) is 1. The molecule has 0 spiro atoms. The molecule has 27 heavy (non-hydrogen) atoms. The van der Waals surface area contributed by atoms with Crippen molar-refractivity contribution in [2.75, 3.05) is 19.5 Å². The monoisotopic (exact) mass is 365 g/mol. The van der Waals surface area contributed by atoms with Crippen molar-refractivity contribution in [1.82, 2.24) is 0 Å². The molecule has 1 amide bonds. The highest BCUT2D eigenvalue weighted by atomic mass is 16.5. The predicted molar refractivity (Wildman–Crippen MR) is 103 cm³/mol. The fourth-order valence-corrected chi connectivity index (χ4v) is 2.65. The number of rotatable bonds is 6. The summed E-state index contributed by atoms with van der Waals surface area (Å²) >= 11 is 0. The Kier molecular flexibility index (Phi) is 5.26. The Morgan fingerprint density at radius 1 is 1.07 bits per heavy atom. The summed E-state index contributed by atoms with van der Waals surface area (Å²) in [5, 5.41) is 3.47. The van der Waals surface area contributed by atoms with Crippen molar-refractivity contribution in [3.05, 3.63) is 59.9 Å². The summed E-state index contributed by atoms with van der Waals surface area (Å²) in [5.74, 6) is 0.950. The fourth-order valence-electron chi connectivity index (χ4n) is 2.65. The molecule has 2 aromatic carbocycles. The zero-order chi connectivity index (χ0) is 19.4. The van der Waals surface area contributed by atoms with Crippen LogP contribution < -0.4 is 14.8 Å². The van der Waals surface area contributed by atoms with E-state index in [0.29, 0.717) is 28.2 Å². The molecule has 0 saturated carbocycles. The number of carbonyl (C=O) groups excluding carboxylic acids is 2. The van der Waals surface area contributed by atoms with Gasteiger partial charge in [-0.15, -0.1) is 0 Å².